The summed E-state index contributed by atoms with van der Waals surface area (Å²) < 4.78 is 0. The van der Waals surface area contributed by atoms with Crippen LogP contribution in [-0.2, 0) is 30.4 Å². The Morgan fingerprint density at radius 1 is 1.00 bits per heavy atom. The fraction of sp³-hybridized carbons (Fsp3) is 0.447. The Bertz CT molecular complexity index is 1700. The van der Waals surface area contributed by atoms with Gasteiger partial charge in [-0.15, -0.1) is 0 Å². The highest BCUT2D eigenvalue weighted by atomic mass is 16.6. The van der Waals surface area contributed by atoms with E-state index >= 15 is 0 Å². The third-order valence-electron chi connectivity index (χ3n) is 9.21. The number of nitrogens with zero attached hydrogens (tertiary/aromatic N) is 2. The van der Waals surface area contributed by atoms with Crippen molar-refractivity contribution in [1.29, 1.82) is 0 Å². The Morgan fingerprint density at radius 2 is 1.71 bits per heavy atom. The maximum atomic E-state index is 13.8. The van der Waals surface area contributed by atoms with E-state index in [1.165, 1.54) is 19.3 Å². The number of aromatic nitrogens is 1. The van der Waals surface area contributed by atoms with Crippen LogP contribution >= 0.6 is 0 Å². The average molecular weight is 716 g/mol. The fourth-order valence-electron chi connectivity index (χ4n) is 6.43. The second kappa shape index (κ2) is 20.2. The first-order chi connectivity index (χ1) is 25.1. The van der Waals surface area contributed by atoms with Crippen LogP contribution in [0.25, 0.3) is 10.9 Å². The summed E-state index contributed by atoms with van der Waals surface area (Å²) in [6.45, 7) is 2.03. The molecule has 14 nitrogen and oxygen atoms in total. The molecule has 3 aromatic rings. The van der Waals surface area contributed by atoms with Gasteiger partial charge in [0.2, 0.25) is 11.8 Å². The van der Waals surface area contributed by atoms with Gasteiger partial charge in [0.25, 0.3) is 11.8 Å². The van der Waals surface area contributed by atoms with Crippen LogP contribution < -0.4 is 27.3 Å². The highest BCUT2D eigenvalue weighted by Crippen LogP contribution is 2.24. The first-order valence-electron chi connectivity index (χ1n) is 17.6. The number of hydrogen-bond acceptors (Lipinski definition) is 10. The van der Waals surface area contributed by atoms with Gasteiger partial charge in [-0.1, -0.05) is 80.8 Å². The van der Waals surface area contributed by atoms with E-state index in [9.17, 15) is 29.1 Å². The molecule has 5 atom stereocenters. The summed E-state index contributed by atoms with van der Waals surface area (Å²) in [7, 11) is 1.37. The number of benzene rings is 2. The van der Waals surface area contributed by atoms with E-state index in [2.05, 4.69) is 26.5 Å². The van der Waals surface area contributed by atoms with Crippen LogP contribution in [0.4, 0.5) is 0 Å². The fourth-order valence-corrected chi connectivity index (χ4v) is 6.43. The zero-order valence-corrected chi connectivity index (χ0v) is 29.6. The molecule has 1 aliphatic carbocycles. The summed E-state index contributed by atoms with van der Waals surface area (Å²) in [4.78, 5) is 73.2. The molecule has 1 unspecified atom stereocenters. The molecule has 1 aliphatic rings. The molecule has 0 aliphatic heterocycles. The number of pyridine rings is 1. The van der Waals surface area contributed by atoms with E-state index in [4.69, 9.17) is 10.6 Å². The Labute approximate surface area is 303 Å². The number of nitrogens with one attached hydrogen (secondary N) is 4. The first-order valence-corrected chi connectivity index (χ1v) is 17.6. The number of fused-ring (bicyclic) bond motifs is 1. The minimum atomic E-state index is -1.37. The van der Waals surface area contributed by atoms with Crippen molar-refractivity contribution in [3.8, 4) is 0 Å². The Morgan fingerprint density at radius 3 is 2.40 bits per heavy atom. The standard InChI is InChI=1S/C38H49N7O7/c1-25(19-20-46)35(44-52-2)38(51)43-45(23-27-13-7-4-8-14-27)24-33(47)31(21-26-11-5-3-6-12-26)41-37(50)32(22-34(39)48)42-36(49)30-18-17-28-15-9-10-16-29(28)40-30/h3,5-6,9-12,15-19,25,27,31-33,35,44,47H,4,7-8,13-14,21-24H2,1-2H3,(H2,39,48)(H,41,50)(H,42,49)(H,43,51)/t25?,31-,32-,33-,35-/m0/s1. The largest absolute Gasteiger partial charge is 0.390 e. The Hall–Kier alpha value is -4.98. The van der Waals surface area contributed by atoms with Gasteiger partial charge in [0.05, 0.1) is 31.2 Å². The molecule has 278 valence electrons. The lowest BCUT2D eigenvalue weighted by Gasteiger charge is -2.35. The number of para-hydroxylation sites is 1. The van der Waals surface area contributed by atoms with E-state index in [1.54, 1.807) is 36.1 Å². The predicted octanol–water partition coefficient (Wildman–Crippen LogP) is 1.75. The molecule has 0 saturated heterocycles. The van der Waals surface area contributed by atoms with Crippen molar-refractivity contribution in [2.45, 2.75) is 76.1 Å². The normalized spacial score (nSPS) is 16.2. The van der Waals surface area contributed by atoms with Crippen molar-refractivity contribution in [2.75, 3.05) is 20.2 Å². The molecule has 0 bridgehead atoms. The van der Waals surface area contributed by atoms with Gasteiger partial charge < -0.3 is 26.3 Å². The van der Waals surface area contributed by atoms with E-state index < -0.39 is 60.2 Å². The number of primary amides is 1. The van der Waals surface area contributed by atoms with Crippen molar-refractivity contribution in [2.24, 2.45) is 17.6 Å². The molecular weight excluding hydrogens is 666 g/mol. The van der Waals surface area contributed by atoms with E-state index in [0.29, 0.717) is 12.1 Å². The third-order valence-corrected chi connectivity index (χ3v) is 9.21. The van der Waals surface area contributed by atoms with Crippen LogP contribution in [0.3, 0.4) is 0 Å². The summed E-state index contributed by atoms with van der Waals surface area (Å²) >= 11 is 0. The monoisotopic (exact) mass is 715 g/mol. The van der Waals surface area contributed by atoms with Gasteiger partial charge in [-0.3, -0.25) is 24.6 Å². The average Bonchev–Trinajstić information content (AvgIpc) is 3.13. The van der Waals surface area contributed by atoms with Crippen molar-refractivity contribution in [1.82, 2.24) is 31.5 Å². The van der Waals surface area contributed by atoms with Gasteiger partial charge in [-0.2, -0.15) is 5.48 Å². The van der Waals surface area contributed by atoms with Crippen molar-refractivity contribution in [3.63, 3.8) is 0 Å². The summed E-state index contributed by atoms with van der Waals surface area (Å²) in [6, 6.07) is 16.5. The van der Waals surface area contributed by atoms with Gasteiger partial charge in [0.1, 0.15) is 23.7 Å². The number of hydroxylamine groups is 1. The van der Waals surface area contributed by atoms with Gasteiger partial charge in [-0.25, -0.2) is 14.8 Å². The topological polar surface area (TPSA) is 205 Å². The number of hydrazine groups is 1. The second-order valence-corrected chi connectivity index (χ2v) is 13.3. The quantitative estimate of drug-likeness (QED) is 0.0784. The lowest BCUT2D eigenvalue weighted by molar-refractivity contribution is -0.134. The zero-order valence-electron chi connectivity index (χ0n) is 29.6. The van der Waals surface area contributed by atoms with Crippen molar-refractivity contribution >= 4 is 40.5 Å². The van der Waals surface area contributed by atoms with Crippen LogP contribution in [0.1, 0.15) is 61.5 Å². The zero-order chi connectivity index (χ0) is 37.5. The lowest BCUT2D eigenvalue weighted by atomic mass is 9.89. The van der Waals surface area contributed by atoms with Crippen LogP contribution in [0.2, 0.25) is 0 Å². The van der Waals surface area contributed by atoms with Crippen LogP contribution in [0.15, 0.2) is 72.8 Å². The molecule has 4 amide bonds. The molecule has 0 radical (unpaired) electrons. The number of carbonyl (C=O) groups is 4. The van der Waals surface area contributed by atoms with Crippen LogP contribution in [0.5, 0.6) is 0 Å². The SMILES string of the molecule is CON[C@H](C(=O)NN(CC1CCCCC1)C[C@H](O)[C@H](Cc1ccccc1)NC(=O)[C@H](CC(N)=O)NC(=O)c1ccc2ccccc2n1)C(C)C=C=O. The molecule has 1 aromatic heterocycles. The first kappa shape index (κ1) is 39.8. The number of rotatable bonds is 19. The molecule has 1 saturated carbocycles. The van der Waals surface area contributed by atoms with Crippen molar-refractivity contribution < 1.29 is 33.9 Å². The molecule has 2 aromatic carbocycles. The van der Waals surface area contributed by atoms with Crippen LogP contribution in [0, 0.1) is 11.8 Å². The summed E-state index contributed by atoms with van der Waals surface area (Å²) in [6.07, 6.45) is 4.83. The highest BCUT2D eigenvalue weighted by Gasteiger charge is 2.32. The molecule has 4 rings (SSSR count). The molecule has 52 heavy (non-hydrogen) atoms. The molecule has 7 N–H and O–H groups in total. The maximum absolute atomic E-state index is 13.8. The Kier molecular flexibility index (Phi) is 15.4. The number of amides is 4. The number of carbonyl (C=O) groups excluding carboxylic acids is 5. The van der Waals surface area contributed by atoms with Crippen LogP contribution in [-0.4, -0.2) is 89.1 Å². The molecule has 1 fully saturated rings. The van der Waals surface area contributed by atoms with Gasteiger partial charge in [-0.05, 0) is 42.9 Å². The Balaban J connectivity index is 1.56. The van der Waals surface area contributed by atoms with E-state index in [1.807, 2.05) is 42.5 Å². The highest BCUT2D eigenvalue weighted by molar-refractivity contribution is 5.99. The molecule has 14 heteroatoms. The number of aliphatic hydroxyl groups is 1. The molecular formula is C38H49N7O7. The van der Waals surface area contributed by atoms with E-state index in [-0.39, 0.29) is 24.6 Å². The minimum absolute atomic E-state index is 0.0511. The number of hydrogen-bond donors (Lipinski definition) is 6. The number of aliphatic hydroxyl groups excluding tert-OH is 1. The summed E-state index contributed by atoms with van der Waals surface area (Å²) in [5, 5.41) is 19.7. The van der Waals surface area contributed by atoms with E-state index in [0.717, 1.165) is 43.1 Å². The smallest absolute Gasteiger partial charge is 0.270 e. The van der Waals surface area contributed by atoms with Gasteiger partial charge in [0, 0.05) is 30.5 Å². The maximum Gasteiger partial charge on any atom is 0.270 e. The van der Waals surface area contributed by atoms with Gasteiger partial charge >= 0.3 is 0 Å². The van der Waals surface area contributed by atoms with Gasteiger partial charge in [0.15, 0.2) is 0 Å². The minimum Gasteiger partial charge on any atom is -0.390 e. The summed E-state index contributed by atoms with van der Waals surface area (Å²) in [5.41, 5.74) is 12.5. The summed E-state index contributed by atoms with van der Waals surface area (Å²) in [5.74, 6) is -1.30. The molecule has 0 spiro atoms. The second-order valence-electron chi connectivity index (χ2n) is 13.3. The molecule has 1 heterocycles. The van der Waals surface area contributed by atoms with Crippen molar-refractivity contribution in [3.05, 3.63) is 84.1 Å². The third kappa shape index (κ3) is 12.1. The lowest BCUT2D eigenvalue weighted by Crippen LogP contribution is -2.59. The predicted molar refractivity (Wildman–Crippen MR) is 195 cm³/mol. The number of nitrogens with two attached hydrogens (primary N) is 1.